The van der Waals surface area contributed by atoms with Crippen LogP contribution in [0.15, 0.2) is 30.5 Å². The van der Waals surface area contributed by atoms with Gasteiger partial charge in [0.2, 0.25) is 0 Å². The summed E-state index contributed by atoms with van der Waals surface area (Å²) < 4.78 is 7.29. The smallest absolute Gasteiger partial charge is 0.0622 e. The molecule has 2 aromatic rings. The molecule has 1 aromatic heterocycles. The minimum Gasteiger partial charge on any atom is -0.383 e. The van der Waals surface area contributed by atoms with Crippen molar-refractivity contribution in [2.45, 2.75) is 25.9 Å². The first kappa shape index (κ1) is 14.6. The van der Waals surface area contributed by atoms with Gasteiger partial charge in [0.15, 0.2) is 0 Å². The Morgan fingerprint density at radius 2 is 2.25 bits per heavy atom. The van der Waals surface area contributed by atoms with Gasteiger partial charge in [-0.3, -0.25) is 0 Å². The molecule has 1 heterocycles. The highest BCUT2D eigenvalue weighted by atomic mass is 16.5. The number of ether oxygens (including phenoxy) is 1. The number of fused-ring (bicyclic) bond motifs is 1. The van der Waals surface area contributed by atoms with Crippen LogP contribution in [0.5, 0.6) is 0 Å². The topological polar surface area (TPSA) is 50.0 Å². The Morgan fingerprint density at radius 3 is 3.05 bits per heavy atom. The van der Waals surface area contributed by atoms with Crippen molar-refractivity contribution in [1.82, 2.24) is 9.88 Å². The second-order valence-corrected chi connectivity index (χ2v) is 4.80. The Bertz CT molecular complexity index is 583. The average Bonchev–Trinajstić information content (AvgIpc) is 2.88. The molecule has 4 heteroatoms. The number of benzene rings is 1. The molecule has 0 radical (unpaired) electrons. The Kier molecular flexibility index (Phi) is 5.60. The molecule has 0 aliphatic heterocycles. The Hall–Kier alpha value is -1.83. The first-order chi connectivity index (χ1) is 9.86. The summed E-state index contributed by atoms with van der Waals surface area (Å²) in [5.74, 6) is 0. The van der Waals surface area contributed by atoms with E-state index in [1.54, 1.807) is 7.11 Å². The maximum absolute atomic E-state index is 8.65. The maximum Gasteiger partial charge on any atom is 0.0622 e. The number of nitrogens with zero attached hydrogens (tertiary/aromatic N) is 2. The van der Waals surface area contributed by atoms with Gasteiger partial charge in [0.05, 0.1) is 18.2 Å². The minimum atomic E-state index is 0.605. The van der Waals surface area contributed by atoms with Crippen LogP contribution in [0, 0.1) is 11.3 Å². The second-order valence-electron chi connectivity index (χ2n) is 4.80. The third-order valence-corrected chi connectivity index (χ3v) is 3.36. The lowest BCUT2D eigenvalue weighted by Crippen LogP contribution is -2.19. The van der Waals surface area contributed by atoms with Crippen LogP contribution in [0.1, 0.15) is 18.4 Å². The van der Waals surface area contributed by atoms with E-state index in [-0.39, 0.29) is 0 Å². The maximum atomic E-state index is 8.65. The van der Waals surface area contributed by atoms with E-state index in [1.165, 1.54) is 16.5 Å². The minimum absolute atomic E-state index is 0.605. The average molecular weight is 271 g/mol. The van der Waals surface area contributed by atoms with Crippen molar-refractivity contribution in [3.8, 4) is 6.07 Å². The summed E-state index contributed by atoms with van der Waals surface area (Å²) in [5.41, 5.74) is 2.57. The fraction of sp³-hybridized carbons (Fsp3) is 0.438. The normalized spacial score (nSPS) is 10.8. The molecule has 2 rings (SSSR count). The van der Waals surface area contributed by atoms with Gasteiger partial charge in [0, 0.05) is 39.4 Å². The van der Waals surface area contributed by atoms with Gasteiger partial charge in [-0.05, 0) is 23.4 Å². The van der Waals surface area contributed by atoms with Gasteiger partial charge in [0.25, 0.3) is 0 Å². The largest absolute Gasteiger partial charge is 0.383 e. The van der Waals surface area contributed by atoms with Gasteiger partial charge in [-0.15, -0.1) is 0 Å². The Morgan fingerprint density at radius 1 is 1.35 bits per heavy atom. The predicted molar refractivity (Wildman–Crippen MR) is 80.4 cm³/mol. The van der Waals surface area contributed by atoms with Crippen LogP contribution in [0.4, 0.5) is 0 Å². The highest BCUT2D eigenvalue weighted by Gasteiger charge is 2.06. The molecule has 0 saturated carbocycles. The fourth-order valence-corrected chi connectivity index (χ4v) is 2.40. The summed E-state index contributed by atoms with van der Waals surface area (Å²) >= 11 is 0. The van der Waals surface area contributed by atoms with Crippen LogP contribution in [0.2, 0.25) is 0 Å². The SMILES string of the molecule is COCCNCc1cccc2ccn(CCCC#N)c12. The molecule has 0 atom stereocenters. The molecule has 0 fully saturated rings. The standard InChI is InChI=1S/C16H21N3O/c1-20-12-9-18-13-15-6-4-5-14-7-11-19(16(14)15)10-3-2-8-17/h4-7,11,18H,2-3,9-10,12-13H2,1H3. The zero-order valence-corrected chi connectivity index (χ0v) is 11.9. The first-order valence-corrected chi connectivity index (χ1v) is 7.00. The van der Waals surface area contributed by atoms with E-state index < -0.39 is 0 Å². The number of aryl methyl sites for hydroxylation is 1. The molecule has 0 spiro atoms. The number of rotatable bonds is 8. The molecule has 0 bridgehead atoms. The number of unbranched alkanes of at least 4 members (excludes halogenated alkanes) is 1. The molecular weight excluding hydrogens is 250 g/mol. The van der Waals surface area contributed by atoms with E-state index in [1.807, 2.05) is 0 Å². The summed E-state index contributed by atoms with van der Waals surface area (Å²) in [7, 11) is 1.71. The summed E-state index contributed by atoms with van der Waals surface area (Å²) in [4.78, 5) is 0. The molecule has 20 heavy (non-hydrogen) atoms. The van der Waals surface area contributed by atoms with Crippen molar-refractivity contribution < 1.29 is 4.74 Å². The highest BCUT2D eigenvalue weighted by molar-refractivity contribution is 5.83. The van der Waals surface area contributed by atoms with Gasteiger partial charge >= 0.3 is 0 Å². The number of nitrogens with one attached hydrogen (secondary N) is 1. The van der Waals surface area contributed by atoms with E-state index in [0.717, 1.165) is 32.7 Å². The number of hydrogen-bond acceptors (Lipinski definition) is 3. The lowest BCUT2D eigenvalue weighted by molar-refractivity contribution is 0.199. The number of para-hydroxylation sites is 1. The van der Waals surface area contributed by atoms with Crippen LogP contribution in [-0.4, -0.2) is 24.8 Å². The Balaban J connectivity index is 2.12. The van der Waals surface area contributed by atoms with E-state index in [0.29, 0.717) is 6.42 Å². The number of methoxy groups -OCH3 is 1. The fourth-order valence-electron chi connectivity index (χ4n) is 2.40. The first-order valence-electron chi connectivity index (χ1n) is 7.00. The van der Waals surface area contributed by atoms with Crippen molar-refractivity contribution in [2.75, 3.05) is 20.3 Å². The van der Waals surface area contributed by atoms with Crippen LogP contribution in [-0.2, 0) is 17.8 Å². The van der Waals surface area contributed by atoms with Crippen molar-refractivity contribution in [2.24, 2.45) is 0 Å². The summed E-state index contributed by atoms with van der Waals surface area (Å²) in [6.45, 7) is 3.30. The molecule has 0 aliphatic carbocycles. The van der Waals surface area contributed by atoms with Gasteiger partial charge in [-0.2, -0.15) is 5.26 Å². The van der Waals surface area contributed by atoms with E-state index in [9.17, 15) is 0 Å². The lowest BCUT2D eigenvalue weighted by atomic mass is 10.1. The molecule has 0 saturated heterocycles. The molecule has 106 valence electrons. The molecule has 1 aromatic carbocycles. The molecule has 0 unspecified atom stereocenters. The Labute approximate surface area is 120 Å². The van der Waals surface area contributed by atoms with E-state index >= 15 is 0 Å². The lowest BCUT2D eigenvalue weighted by Gasteiger charge is -2.10. The van der Waals surface area contributed by atoms with E-state index in [2.05, 4.69) is 46.4 Å². The quantitative estimate of drug-likeness (QED) is 0.751. The van der Waals surface area contributed by atoms with Crippen molar-refractivity contribution in [1.29, 1.82) is 5.26 Å². The van der Waals surface area contributed by atoms with Crippen molar-refractivity contribution >= 4 is 10.9 Å². The number of hydrogen-bond donors (Lipinski definition) is 1. The molecule has 1 N–H and O–H groups in total. The summed E-state index contributed by atoms with van der Waals surface area (Å²) in [6, 6.07) is 10.7. The van der Waals surface area contributed by atoms with Crippen LogP contribution in [0.3, 0.4) is 0 Å². The summed E-state index contributed by atoms with van der Waals surface area (Å²) in [6.07, 6.45) is 3.61. The molecule has 4 nitrogen and oxygen atoms in total. The van der Waals surface area contributed by atoms with Crippen LogP contribution < -0.4 is 5.32 Å². The van der Waals surface area contributed by atoms with Crippen LogP contribution >= 0.6 is 0 Å². The highest BCUT2D eigenvalue weighted by Crippen LogP contribution is 2.21. The molecule has 0 aliphatic rings. The van der Waals surface area contributed by atoms with Gasteiger partial charge in [0.1, 0.15) is 0 Å². The predicted octanol–water partition coefficient (Wildman–Crippen LogP) is 2.68. The summed E-state index contributed by atoms with van der Waals surface area (Å²) in [5, 5.41) is 13.3. The van der Waals surface area contributed by atoms with Crippen molar-refractivity contribution in [3.05, 3.63) is 36.0 Å². The second kappa shape index (κ2) is 7.68. The number of aromatic nitrogens is 1. The molecule has 0 amide bonds. The zero-order valence-electron chi connectivity index (χ0n) is 11.9. The monoisotopic (exact) mass is 271 g/mol. The third-order valence-electron chi connectivity index (χ3n) is 3.36. The number of nitriles is 1. The van der Waals surface area contributed by atoms with Gasteiger partial charge in [-0.1, -0.05) is 18.2 Å². The van der Waals surface area contributed by atoms with Gasteiger partial charge in [-0.25, -0.2) is 0 Å². The zero-order chi connectivity index (χ0) is 14.2. The van der Waals surface area contributed by atoms with E-state index in [4.69, 9.17) is 10.00 Å². The van der Waals surface area contributed by atoms with Crippen molar-refractivity contribution in [3.63, 3.8) is 0 Å². The third kappa shape index (κ3) is 3.60. The van der Waals surface area contributed by atoms with Crippen LogP contribution in [0.25, 0.3) is 10.9 Å². The van der Waals surface area contributed by atoms with Gasteiger partial charge < -0.3 is 14.6 Å². The molecular formula is C16H21N3O.